The first-order valence-corrected chi connectivity index (χ1v) is 20.8. The molecule has 0 radical (unpaired) electrons. The molecule has 0 unspecified atom stereocenters. The summed E-state index contributed by atoms with van der Waals surface area (Å²) in [6.07, 6.45) is 3.16. The van der Waals surface area contributed by atoms with Gasteiger partial charge in [0, 0.05) is 41.2 Å². The molecule has 6 rings (SSSR count). The van der Waals surface area contributed by atoms with Gasteiger partial charge in [-0.25, -0.2) is 18.0 Å². The smallest absolute Gasteiger partial charge is 0.356 e. The maximum absolute atomic E-state index is 13.5. The van der Waals surface area contributed by atoms with E-state index >= 15 is 0 Å². The molecule has 16 nitrogen and oxygen atoms in total. The number of aromatic nitrogens is 3. The Balaban J connectivity index is 1.13. The number of fused-ring (bicyclic) bond motifs is 1. The maximum atomic E-state index is 13.5. The fourth-order valence-electron chi connectivity index (χ4n) is 6.23. The van der Waals surface area contributed by atoms with Gasteiger partial charge in [0.15, 0.2) is 11.4 Å². The number of amides is 2. The molecule has 4 N–H and O–H groups in total. The van der Waals surface area contributed by atoms with Gasteiger partial charge in [-0.2, -0.15) is 5.10 Å². The zero-order chi connectivity index (χ0) is 43.7. The molecule has 0 aliphatic carbocycles. The van der Waals surface area contributed by atoms with Crippen molar-refractivity contribution in [1.29, 1.82) is 0 Å². The number of ether oxygens (including phenoxy) is 5. The number of hydrogen-bond acceptors (Lipinski definition) is 12. The van der Waals surface area contributed by atoms with Gasteiger partial charge in [0.05, 0.1) is 56.4 Å². The second-order valence-electron chi connectivity index (χ2n) is 14.9. The van der Waals surface area contributed by atoms with Crippen molar-refractivity contribution in [3.8, 4) is 28.7 Å². The number of rotatable bonds is 17. The molecule has 6 aromatic rings. The fraction of sp³-hybridized carbons (Fsp3) is 0.250. The van der Waals surface area contributed by atoms with Gasteiger partial charge in [-0.15, -0.1) is 5.10 Å². The SMILES string of the molecule is COc1cc(Cc2cc(Oc3ccc(NC(=O)Nc4cc(C(C)(C)C)cc(NS(C)(=O)=O)c4OC)c4ccccc34)ccn2)cc(OCCOCc2ccc(C(=O)O)nn2)c1. The highest BCUT2D eigenvalue weighted by molar-refractivity contribution is 7.92. The number of aromatic carboxylic acids is 1. The lowest BCUT2D eigenvalue weighted by Crippen LogP contribution is -2.22. The molecule has 2 aromatic heterocycles. The van der Waals surface area contributed by atoms with Gasteiger partial charge in [-0.3, -0.25) is 9.71 Å². The van der Waals surface area contributed by atoms with Crippen LogP contribution in [0.2, 0.25) is 0 Å². The molecule has 17 heteroatoms. The van der Waals surface area contributed by atoms with E-state index in [0.29, 0.717) is 40.8 Å². The van der Waals surface area contributed by atoms with E-state index in [0.717, 1.165) is 33.8 Å². The molecule has 0 bridgehead atoms. The third kappa shape index (κ3) is 11.8. The summed E-state index contributed by atoms with van der Waals surface area (Å²) in [4.78, 5) is 29.1. The van der Waals surface area contributed by atoms with Crippen molar-refractivity contribution >= 4 is 49.9 Å². The van der Waals surface area contributed by atoms with Crippen molar-refractivity contribution in [3.05, 3.63) is 125 Å². The fourth-order valence-corrected chi connectivity index (χ4v) is 6.78. The number of benzene rings is 4. The number of methoxy groups -OCH3 is 2. The van der Waals surface area contributed by atoms with Crippen LogP contribution in [0.25, 0.3) is 10.8 Å². The number of carboxylic acids is 1. The van der Waals surface area contributed by atoms with E-state index in [2.05, 4.69) is 30.5 Å². The second kappa shape index (κ2) is 18.9. The largest absolute Gasteiger partial charge is 0.497 e. The summed E-state index contributed by atoms with van der Waals surface area (Å²) in [5, 5.41) is 23.7. The Kier molecular flexibility index (Phi) is 13.5. The number of carbonyl (C=O) groups excluding carboxylic acids is 1. The monoisotopic (exact) mass is 850 g/mol. The topological polar surface area (TPSA) is 209 Å². The third-order valence-corrected chi connectivity index (χ3v) is 9.69. The van der Waals surface area contributed by atoms with Gasteiger partial charge in [-0.1, -0.05) is 45.0 Å². The van der Waals surface area contributed by atoms with Crippen molar-refractivity contribution < 1.29 is 46.8 Å². The van der Waals surface area contributed by atoms with Crippen LogP contribution < -0.4 is 34.3 Å². The molecule has 61 heavy (non-hydrogen) atoms. The summed E-state index contributed by atoms with van der Waals surface area (Å²) >= 11 is 0. The highest BCUT2D eigenvalue weighted by Gasteiger charge is 2.23. The van der Waals surface area contributed by atoms with Crippen LogP contribution in [0, 0.1) is 0 Å². The minimum atomic E-state index is -3.65. The molecule has 2 amide bonds. The Morgan fingerprint density at radius 1 is 0.754 bits per heavy atom. The van der Waals surface area contributed by atoms with Crippen LogP contribution in [-0.4, -0.2) is 74.4 Å². The summed E-state index contributed by atoms with van der Waals surface area (Å²) in [5.74, 6) is 1.31. The average Bonchev–Trinajstić information content (AvgIpc) is 3.21. The average molecular weight is 851 g/mol. The number of carbonyl (C=O) groups is 2. The molecule has 0 saturated heterocycles. The van der Waals surface area contributed by atoms with E-state index in [9.17, 15) is 18.0 Å². The van der Waals surface area contributed by atoms with Gasteiger partial charge in [-0.05, 0) is 71.1 Å². The minimum Gasteiger partial charge on any atom is -0.497 e. The first-order chi connectivity index (χ1) is 29.1. The number of anilines is 3. The Bertz CT molecular complexity index is 2650. The van der Waals surface area contributed by atoms with Crippen LogP contribution in [0.1, 0.15) is 53.8 Å². The van der Waals surface area contributed by atoms with Gasteiger partial charge in [0.2, 0.25) is 10.0 Å². The lowest BCUT2D eigenvalue weighted by Gasteiger charge is -2.24. The standard InChI is InChI=1S/C44H46N6O10S/c1-44(2,3)28-22-38(41(57-5)39(23-28)50-61(6,54)55)47-43(53)46-36-13-14-40(35-10-8-7-9-34(35)36)60-31-15-16-45-30(24-31)19-27-20-32(56-4)25-33(21-27)59-18-17-58-26-29-11-12-37(42(51)52)49-48-29/h7-16,20-25,50H,17-19,26H2,1-6H3,(H,51,52)(H2,46,47,53). The number of hydrogen-bond donors (Lipinski definition) is 4. The van der Waals surface area contributed by atoms with E-state index in [4.69, 9.17) is 28.8 Å². The number of sulfonamides is 1. The first kappa shape index (κ1) is 43.6. The second-order valence-corrected chi connectivity index (χ2v) is 16.6. The Morgan fingerprint density at radius 2 is 1.49 bits per heavy atom. The van der Waals surface area contributed by atoms with Gasteiger partial charge < -0.3 is 39.4 Å². The molecule has 0 aliphatic rings. The first-order valence-electron chi connectivity index (χ1n) is 19.0. The van der Waals surface area contributed by atoms with Gasteiger partial charge in [0.25, 0.3) is 0 Å². The number of nitrogens with zero attached hydrogens (tertiary/aromatic N) is 3. The highest BCUT2D eigenvalue weighted by atomic mass is 32.2. The maximum Gasteiger partial charge on any atom is 0.356 e. The molecule has 0 spiro atoms. The number of pyridine rings is 1. The Morgan fingerprint density at radius 3 is 2.18 bits per heavy atom. The third-order valence-electron chi connectivity index (χ3n) is 9.10. The molecule has 318 valence electrons. The summed E-state index contributed by atoms with van der Waals surface area (Å²) in [5.41, 5.74) is 3.39. The quantitative estimate of drug-likeness (QED) is 0.0642. The molecule has 0 aliphatic heterocycles. The summed E-state index contributed by atoms with van der Waals surface area (Å²) in [6, 6.07) is 26.0. The van der Waals surface area contributed by atoms with Crippen LogP contribution in [0.5, 0.6) is 28.7 Å². The van der Waals surface area contributed by atoms with E-state index in [1.165, 1.54) is 13.2 Å². The lowest BCUT2D eigenvalue weighted by molar-refractivity contribution is 0.0687. The Hall–Kier alpha value is -6.98. The number of urea groups is 1. The van der Waals surface area contributed by atoms with Crippen molar-refractivity contribution in [2.24, 2.45) is 0 Å². The van der Waals surface area contributed by atoms with Gasteiger partial charge in [0.1, 0.15) is 29.6 Å². The number of carboxylic acid groups (broad SMARTS) is 1. The molecule has 0 saturated carbocycles. The summed E-state index contributed by atoms with van der Waals surface area (Å²) < 4.78 is 55.9. The van der Waals surface area contributed by atoms with Crippen LogP contribution in [0.4, 0.5) is 21.9 Å². The van der Waals surface area contributed by atoms with Crippen LogP contribution in [0.15, 0.2) is 97.2 Å². The predicted octanol–water partition coefficient (Wildman–Crippen LogP) is 8.03. The van der Waals surface area contributed by atoms with Crippen molar-refractivity contribution in [1.82, 2.24) is 15.2 Å². The molecule has 0 fully saturated rings. The zero-order valence-electron chi connectivity index (χ0n) is 34.4. The normalized spacial score (nSPS) is 11.4. The van der Waals surface area contributed by atoms with E-state index in [1.54, 1.807) is 55.8 Å². The van der Waals surface area contributed by atoms with E-state index < -0.39 is 22.0 Å². The zero-order valence-corrected chi connectivity index (χ0v) is 35.3. The number of nitrogens with one attached hydrogen (secondary N) is 3. The van der Waals surface area contributed by atoms with Crippen molar-refractivity contribution in [2.75, 3.05) is 49.0 Å². The molecular weight excluding hydrogens is 805 g/mol. The van der Waals surface area contributed by atoms with Gasteiger partial charge >= 0.3 is 12.0 Å². The highest BCUT2D eigenvalue weighted by Crippen LogP contribution is 2.40. The lowest BCUT2D eigenvalue weighted by atomic mass is 9.86. The van der Waals surface area contributed by atoms with E-state index in [-0.39, 0.29) is 48.1 Å². The van der Waals surface area contributed by atoms with Crippen molar-refractivity contribution in [3.63, 3.8) is 0 Å². The molecule has 0 atom stereocenters. The molecule has 4 aromatic carbocycles. The van der Waals surface area contributed by atoms with Crippen molar-refractivity contribution in [2.45, 2.75) is 39.2 Å². The predicted molar refractivity (Wildman–Crippen MR) is 231 cm³/mol. The van der Waals surface area contributed by atoms with E-state index in [1.807, 2.05) is 63.2 Å². The summed E-state index contributed by atoms with van der Waals surface area (Å²) in [7, 11) is -0.672. The minimum absolute atomic E-state index is 0.140. The van der Waals surface area contributed by atoms with Crippen LogP contribution in [-0.2, 0) is 33.2 Å². The summed E-state index contributed by atoms with van der Waals surface area (Å²) in [6.45, 7) is 6.59. The molecular formula is C44H46N6O10S. The Labute approximate surface area is 353 Å². The van der Waals surface area contributed by atoms with Crippen LogP contribution in [0.3, 0.4) is 0 Å². The van der Waals surface area contributed by atoms with Crippen LogP contribution >= 0.6 is 0 Å². The molecule has 2 heterocycles.